The third kappa shape index (κ3) is 1.78. The van der Waals surface area contributed by atoms with Gasteiger partial charge in [0.1, 0.15) is 0 Å². The van der Waals surface area contributed by atoms with Gasteiger partial charge < -0.3 is 0 Å². The number of aromatic nitrogens is 2. The van der Waals surface area contributed by atoms with Crippen molar-refractivity contribution in [1.29, 1.82) is 0 Å². The first-order valence-corrected chi connectivity index (χ1v) is 5.03. The Kier molecular flexibility index (Phi) is 2.79. The summed E-state index contributed by atoms with van der Waals surface area (Å²) in [6.07, 6.45) is 2.35. The molecule has 3 nitrogen and oxygen atoms in total. The van der Waals surface area contributed by atoms with E-state index in [1.165, 1.54) is 0 Å². The Morgan fingerprint density at radius 3 is 2.87 bits per heavy atom. The zero-order chi connectivity index (χ0) is 10.8. The normalized spacial score (nSPS) is 10.3. The van der Waals surface area contributed by atoms with Crippen molar-refractivity contribution in [2.45, 2.75) is 5.03 Å². The summed E-state index contributed by atoms with van der Waals surface area (Å²) in [7, 11) is 0. The highest BCUT2D eigenvalue weighted by Crippen LogP contribution is 2.23. The fraction of sp³-hybridized carbons (Fsp3) is 0. The van der Waals surface area contributed by atoms with Gasteiger partial charge in [-0.1, -0.05) is 11.6 Å². The number of aldehydes is 1. The molecule has 2 aromatic heterocycles. The van der Waals surface area contributed by atoms with Crippen LogP contribution in [0.25, 0.3) is 5.82 Å². The highest BCUT2D eigenvalue weighted by molar-refractivity contribution is 7.80. The van der Waals surface area contributed by atoms with Gasteiger partial charge in [-0.15, -0.1) is 12.6 Å². The molecule has 15 heavy (non-hydrogen) atoms. The fourth-order valence-electron chi connectivity index (χ4n) is 1.31. The lowest BCUT2D eigenvalue weighted by Gasteiger charge is -2.07. The van der Waals surface area contributed by atoms with Crippen molar-refractivity contribution in [3.63, 3.8) is 0 Å². The molecule has 2 rings (SSSR count). The summed E-state index contributed by atoms with van der Waals surface area (Å²) >= 11 is 10.2. The summed E-state index contributed by atoms with van der Waals surface area (Å²) < 4.78 is 1.60. The van der Waals surface area contributed by atoms with Crippen LogP contribution in [0.4, 0.5) is 0 Å². The molecule has 0 fully saturated rings. The van der Waals surface area contributed by atoms with Crippen molar-refractivity contribution >= 4 is 30.5 Å². The molecule has 0 aromatic carbocycles. The molecule has 0 bridgehead atoms. The maximum atomic E-state index is 10.8. The van der Waals surface area contributed by atoms with Gasteiger partial charge in [0.25, 0.3) is 0 Å². The quantitative estimate of drug-likeness (QED) is 0.645. The predicted octanol–water partition coefficient (Wildman–Crippen LogP) is 2.63. The van der Waals surface area contributed by atoms with Crippen LogP contribution in [-0.4, -0.2) is 15.8 Å². The van der Waals surface area contributed by atoms with E-state index in [0.29, 0.717) is 21.6 Å². The Bertz CT molecular complexity index is 510. The molecule has 0 N–H and O–H groups in total. The summed E-state index contributed by atoms with van der Waals surface area (Å²) in [5.74, 6) is 0.510. The molecule has 2 aromatic rings. The van der Waals surface area contributed by atoms with Gasteiger partial charge in [0.15, 0.2) is 12.1 Å². The third-order valence-electron chi connectivity index (χ3n) is 1.96. The molecular formula is C10H7ClN2OS. The highest BCUT2D eigenvalue weighted by atomic mass is 35.5. The van der Waals surface area contributed by atoms with Gasteiger partial charge in [-0.2, -0.15) is 0 Å². The van der Waals surface area contributed by atoms with Crippen molar-refractivity contribution in [1.82, 2.24) is 9.55 Å². The van der Waals surface area contributed by atoms with Crippen molar-refractivity contribution in [3.8, 4) is 5.82 Å². The van der Waals surface area contributed by atoms with Crippen LogP contribution < -0.4 is 0 Å². The van der Waals surface area contributed by atoms with Crippen LogP contribution in [0.1, 0.15) is 10.5 Å². The van der Waals surface area contributed by atoms with Gasteiger partial charge in [-0.3, -0.25) is 9.36 Å². The van der Waals surface area contributed by atoms with Crippen molar-refractivity contribution in [2.75, 3.05) is 0 Å². The van der Waals surface area contributed by atoms with Gasteiger partial charge in [0.2, 0.25) is 0 Å². The summed E-state index contributed by atoms with van der Waals surface area (Å²) in [5.41, 5.74) is 0.473. The minimum atomic E-state index is 0.473. The van der Waals surface area contributed by atoms with Crippen LogP contribution in [0.2, 0.25) is 5.02 Å². The van der Waals surface area contributed by atoms with Crippen molar-refractivity contribution in [3.05, 3.63) is 41.2 Å². The first-order valence-electron chi connectivity index (χ1n) is 4.21. The average Bonchev–Trinajstić information content (AvgIpc) is 2.60. The standard InChI is InChI=1S/C10H7ClN2OS/c11-8-2-1-5-12-10(8)13-7(6-14)3-4-9(13)15/h1-6,15H. The molecule has 76 valence electrons. The largest absolute Gasteiger partial charge is 0.296 e. The predicted molar refractivity (Wildman–Crippen MR) is 61.2 cm³/mol. The maximum absolute atomic E-state index is 10.8. The van der Waals surface area contributed by atoms with E-state index >= 15 is 0 Å². The van der Waals surface area contributed by atoms with Crippen molar-refractivity contribution < 1.29 is 4.79 Å². The Hall–Kier alpha value is -1.26. The number of hydrogen-bond donors (Lipinski definition) is 1. The first-order chi connectivity index (χ1) is 7.24. The minimum absolute atomic E-state index is 0.473. The van der Waals surface area contributed by atoms with Gasteiger partial charge in [0.05, 0.1) is 15.7 Å². The fourth-order valence-corrected chi connectivity index (χ4v) is 1.80. The van der Waals surface area contributed by atoms with Crippen molar-refractivity contribution in [2.24, 2.45) is 0 Å². The number of pyridine rings is 1. The summed E-state index contributed by atoms with van der Waals surface area (Å²) in [6.45, 7) is 0. The Balaban J connectivity index is 2.68. The topological polar surface area (TPSA) is 34.9 Å². The second kappa shape index (κ2) is 4.08. The maximum Gasteiger partial charge on any atom is 0.166 e. The summed E-state index contributed by atoms with van der Waals surface area (Å²) in [5, 5.41) is 1.10. The Labute approximate surface area is 97.1 Å². The van der Waals surface area contributed by atoms with Gasteiger partial charge in [-0.25, -0.2) is 4.98 Å². The van der Waals surface area contributed by atoms with Crippen LogP contribution in [0.5, 0.6) is 0 Å². The Morgan fingerprint density at radius 1 is 1.40 bits per heavy atom. The van der Waals surface area contributed by atoms with Gasteiger partial charge >= 0.3 is 0 Å². The molecule has 0 spiro atoms. The number of thiol groups is 1. The molecule has 0 amide bonds. The van der Waals surface area contributed by atoms with E-state index in [1.807, 2.05) is 0 Å². The van der Waals surface area contributed by atoms with E-state index in [0.717, 1.165) is 6.29 Å². The molecular weight excluding hydrogens is 232 g/mol. The van der Waals surface area contributed by atoms with E-state index in [2.05, 4.69) is 17.6 Å². The molecule has 0 radical (unpaired) electrons. The molecule has 2 heterocycles. The smallest absolute Gasteiger partial charge is 0.166 e. The second-order valence-electron chi connectivity index (χ2n) is 2.88. The molecule has 0 aliphatic rings. The Morgan fingerprint density at radius 2 is 2.20 bits per heavy atom. The number of rotatable bonds is 2. The summed E-state index contributed by atoms with van der Waals surface area (Å²) in [4.78, 5) is 14.9. The van der Waals surface area contributed by atoms with Crippen LogP contribution in [0, 0.1) is 0 Å². The zero-order valence-electron chi connectivity index (χ0n) is 7.59. The highest BCUT2D eigenvalue weighted by Gasteiger charge is 2.10. The lowest BCUT2D eigenvalue weighted by atomic mass is 10.4. The summed E-state index contributed by atoms with van der Waals surface area (Å²) in [6, 6.07) is 6.83. The van der Waals surface area contributed by atoms with Gasteiger partial charge in [-0.05, 0) is 24.3 Å². The van der Waals surface area contributed by atoms with Gasteiger partial charge in [0, 0.05) is 6.20 Å². The van der Waals surface area contributed by atoms with E-state index in [4.69, 9.17) is 11.6 Å². The van der Waals surface area contributed by atoms with Crippen LogP contribution in [0.15, 0.2) is 35.5 Å². The zero-order valence-corrected chi connectivity index (χ0v) is 9.24. The number of nitrogens with zero attached hydrogens (tertiary/aromatic N) is 2. The number of halogens is 1. The molecule has 0 unspecified atom stereocenters. The molecule has 0 saturated heterocycles. The van der Waals surface area contributed by atoms with E-state index in [1.54, 1.807) is 35.0 Å². The lowest BCUT2D eigenvalue weighted by Crippen LogP contribution is -2.02. The number of carbonyl (C=O) groups is 1. The van der Waals surface area contributed by atoms with E-state index in [-0.39, 0.29) is 0 Å². The molecule has 0 saturated carbocycles. The average molecular weight is 239 g/mol. The van der Waals surface area contributed by atoms with Crippen LogP contribution >= 0.6 is 24.2 Å². The lowest BCUT2D eigenvalue weighted by molar-refractivity contribution is 0.111. The SMILES string of the molecule is O=Cc1ccc(S)n1-c1ncccc1Cl. The number of hydrogen-bond acceptors (Lipinski definition) is 3. The second-order valence-corrected chi connectivity index (χ2v) is 3.74. The van der Waals surface area contributed by atoms with E-state index in [9.17, 15) is 4.79 Å². The third-order valence-corrected chi connectivity index (χ3v) is 2.61. The monoisotopic (exact) mass is 238 g/mol. The minimum Gasteiger partial charge on any atom is -0.296 e. The van der Waals surface area contributed by atoms with Crippen LogP contribution in [0.3, 0.4) is 0 Å². The molecule has 5 heteroatoms. The van der Waals surface area contributed by atoms with Crippen LogP contribution in [-0.2, 0) is 0 Å². The molecule has 0 atom stereocenters. The number of carbonyl (C=O) groups excluding carboxylic acids is 1. The van der Waals surface area contributed by atoms with E-state index < -0.39 is 0 Å². The molecule has 0 aliphatic heterocycles. The first kappa shape index (κ1) is 10.3. The molecule has 0 aliphatic carbocycles.